The topological polar surface area (TPSA) is 89.6 Å². The van der Waals surface area contributed by atoms with Crippen LogP contribution in [0.1, 0.15) is 49.0 Å². The molecule has 1 aliphatic carbocycles. The molecule has 9 nitrogen and oxygen atoms in total. The van der Waals surface area contributed by atoms with Crippen LogP contribution in [0.5, 0.6) is 17.2 Å². The molecule has 0 radical (unpaired) electrons. The number of benzene rings is 2. The van der Waals surface area contributed by atoms with E-state index in [1.807, 2.05) is 29.2 Å². The van der Waals surface area contributed by atoms with E-state index in [0.29, 0.717) is 55.8 Å². The zero-order valence-electron chi connectivity index (χ0n) is 25.8. The van der Waals surface area contributed by atoms with Gasteiger partial charge < -0.3 is 34.1 Å². The molecule has 1 saturated heterocycles. The van der Waals surface area contributed by atoms with E-state index in [1.54, 1.807) is 39.5 Å². The van der Waals surface area contributed by atoms with Crippen LogP contribution in [0, 0.1) is 11.8 Å². The van der Waals surface area contributed by atoms with Gasteiger partial charge in [-0.3, -0.25) is 9.59 Å². The van der Waals surface area contributed by atoms with Crippen LogP contribution < -0.4 is 19.5 Å². The van der Waals surface area contributed by atoms with Crippen molar-refractivity contribution in [3.05, 3.63) is 53.6 Å². The number of methoxy groups -OCH3 is 3. The molecule has 0 bridgehead atoms. The molecule has 1 saturated carbocycles. The van der Waals surface area contributed by atoms with Gasteiger partial charge in [0.15, 0.2) is 11.5 Å². The third-order valence-electron chi connectivity index (χ3n) is 8.21. The monoisotopic (exact) mass is 581 g/mol. The summed E-state index contributed by atoms with van der Waals surface area (Å²) in [6.07, 6.45) is 3.24. The zero-order chi connectivity index (χ0) is 30.1. The highest BCUT2D eigenvalue weighted by Gasteiger charge is 2.38. The smallest absolute Gasteiger partial charge is 0.254 e. The van der Waals surface area contributed by atoms with Crippen molar-refractivity contribution in [2.75, 3.05) is 60.7 Å². The lowest BCUT2D eigenvalue weighted by Crippen LogP contribution is -2.45. The third kappa shape index (κ3) is 8.38. The molecule has 9 heteroatoms. The highest BCUT2D eigenvalue weighted by molar-refractivity contribution is 5.95. The first-order chi connectivity index (χ1) is 20.3. The number of carbonyl (C=O) groups excluding carboxylic acids is 2. The van der Waals surface area contributed by atoms with Crippen LogP contribution in [0.4, 0.5) is 0 Å². The molecule has 2 aliphatic rings. The number of nitrogens with zero attached hydrogens (tertiary/aromatic N) is 2. The van der Waals surface area contributed by atoms with E-state index in [1.165, 1.54) is 0 Å². The lowest BCUT2D eigenvalue weighted by Gasteiger charge is -2.34. The van der Waals surface area contributed by atoms with Crippen LogP contribution in [0.3, 0.4) is 0 Å². The predicted molar refractivity (Wildman–Crippen MR) is 162 cm³/mol. The second kappa shape index (κ2) is 15.3. The van der Waals surface area contributed by atoms with E-state index >= 15 is 0 Å². The summed E-state index contributed by atoms with van der Waals surface area (Å²) in [6, 6.07) is 13.4. The Morgan fingerprint density at radius 2 is 1.62 bits per heavy atom. The molecule has 0 aromatic heterocycles. The second-order valence-electron chi connectivity index (χ2n) is 11.6. The summed E-state index contributed by atoms with van der Waals surface area (Å²) in [6.45, 7) is 8.17. The molecule has 2 unspecified atom stereocenters. The molecule has 2 aromatic carbocycles. The van der Waals surface area contributed by atoms with Crippen LogP contribution >= 0.6 is 0 Å². The van der Waals surface area contributed by atoms with Crippen molar-refractivity contribution in [1.29, 1.82) is 0 Å². The minimum absolute atomic E-state index is 0.0168. The van der Waals surface area contributed by atoms with E-state index < -0.39 is 0 Å². The van der Waals surface area contributed by atoms with Gasteiger partial charge in [0.25, 0.3) is 5.91 Å². The number of rotatable bonds is 16. The summed E-state index contributed by atoms with van der Waals surface area (Å²) in [4.78, 5) is 31.3. The summed E-state index contributed by atoms with van der Waals surface area (Å²) < 4.78 is 21.8. The number of amides is 2. The van der Waals surface area contributed by atoms with Crippen LogP contribution in [0.2, 0.25) is 0 Å². The number of hydrogen-bond donors (Lipinski definition) is 1. The highest BCUT2D eigenvalue weighted by Crippen LogP contribution is 2.32. The standard InChI is InChI=1S/C33H47N3O6/c1-23(2)35(33(38)25-9-14-30(41-5)31(18-25)42-16-6-15-39-3)21-26-19-34-20-27(26)22-36(28-10-11-28)32(37)17-24-7-12-29(40-4)13-8-24/h7-9,12-14,18,23,26-28,34H,6,10-11,15-17,19-22H2,1-5H3. The van der Waals surface area contributed by atoms with Gasteiger partial charge in [-0.25, -0.2) is 0 Å². The largest absolute Gasteiger partial charge is 0.497 e. The van der Waals surface area contributed by atoms with Gasteiger partial charge in [-0.1, -0.05) is 12.1 Å². The lowest BCUT2D eigenvalue weighted by atomic mass is 9.93. The van der Waals surface area contributed by atoms with E-state index in [-0.39, 0.29) is 29.7 Å². The van der Waals surface area contributed by atoms with Crippen molar-refractivity contribution in [2.24, 2.45) is 11.8 Å². The van der Waals surface area contributed by atoms with Crippen LogP contribution in [0.25, 0.3) is 0 Å². The Hall–Kier alpha value is -3.30. The lowest BCUT2D eigenvalue weighted by molar-refractivity contribution is -0.131. The van der Waals surface area contributed by atoms with Crippen molar-refractivity contribution in [3.8, 4) is 17.2 Å². The minimum Gasteiger partial charge on any atom is -0.497 e. The molecule has 230 valence electrons. The fraction of sp³-hybridized carbons (Fsp3) is 0.576. The summed E-state index contributed by atoms with van der Waals surface area (Å²) >= 11 is 0. The fourth-order valence-corrected chi connectivity index (χ4v) is 5.58. The Morgan fingerprint density at radius 1 is 0.905 bits per heavy atom. The maximum atomic E-state index is 13.8. The average Bonchev–Trinajstić information content (AvgIpc) is 3.74. The van der Waals surface area contributed by atoms with Gasteiger partial charge in [-0.2, -0.15) is 0 Å². The quantitative estimate of drug-likeness (QED) is 0.299. The molecule has 2 atom stereocenters. The second-order valence-corrected chi connectivity index (χ2v) is 11.6. The predicted octanol–water partition coefficient (Wildman–Crippen LogP) is 4.04. The van der Waals surface area contributed by atoms with Gasteiger partial charge in [-0.15, -0.1) is 0 Å². The number of carbonyl (C=O) groups is 2. The molecular formula is C33H47N3O6. The molecule has 1 aliphatic heterocycles. The Bertz CT molecular complexity index is 1170. The van der Waals surface area contributed by atoms with Crippen LogP contribution in [0.15, 0.2) is 42.5 Å². The van der Waals surface area contributed by atoms with E-state index in [9.17, 15) is 9.59 Å². The Morgan fingerprint density at radius 3 is 2.24 bits per heavy atom. The third-order valence-corrected chi connectivity index (χ3v) is 8.21. The first-order valence-corrected chi connectivity index (χ1v) is 15.1. The summed E-state index contributed by atoms with van der Waals surface area (Å²) in [5.74, 6) is 2.59. The molecule has 1 heterocycles. The maximum absolute atomic E-state index is 13.8. The van der Waals surface area contributed by atoms with Gasteiger partial charge in [0.2, 0.25) is 5.91 Å². The van der Waals surface area contributed by atoms with Gasteiger partial charge in [0, 0.05) is 64.0 Å². The first kappa shape index (κ1) is 31.6. The molecule has 2 aromatic rings. The van der Waals surface area contributed by atoms with Crippen molar-refractivity contribution in [1.82, 2.24) is 15.1 Å². The summed E-state index contributed by atoms with van der Waals surface area (Å²) in [5, 5.41) is 3.53. The SMILES string of the molecule is COCCCOc1cc(C(=O)N(CC2CNCC2CN(C(=O)Cc2ccc(OC)cc2)C2CC2)C(C)C)ccc1OC. The zero-order valence-corrected chi connectivity index (χ0v) is 25.8. The van der Waals surface area contributed by atoms with E-state index in [0.717, 1.165) is 43.7 Å². The van der Waals surface area contributed by atoms with Crippen LogP contribution in [-0.2, 0) is 16.0 Å². The summed E-state index contributed by atoms with van der Waals surface area (Å²) in [5.41, 5.74) is 1.56. The van der Waals surface area contributed by atoms with Gasteiger partial charge >= 0.3 is 0 Å². The normalized spacial score (nSPS) is 18.1. The summed E-state index contributed by atoms with van der Waals surface area (Å²) in [7, 11) is 4.90. The van der Waals surface area contributed by atoms with Crippen molar-refractivity contribution in [2.45, 2.75) is 51.6 Å². The van der Waals surface area contributed by atoms with Gasteiger partial charge in [0.05, 0.1) is 27.2 Å². The number of ether oxygens (including phenoxy) is 4. The number of hydrogen-bond acceptors (Lipinski definition) is 7. The molecule has 2 amide bonds. The van der Waals surface area contributed by atoms with E-state index in [2.05, 4.69) is 24.1 Å². The molecular weight excluding hydrogens is 534 g/mol. The molecule has 2 fully saturated rings. The Kier molecular flexibility index (Phi) is 11.5. The molecule has 4 rings (SSSR count). The van der Waals surface area contributed by atoms with Crippen molar-refractivity contribution in [3.63, 3.8) is 0 Å². The van der Waals surface area contributed by atoms with Crippen molar-refractivity contribution >= 4 is 11.8 Å². The van der Waals surface area contributed by atoms with Gasteiger partial charge in [-0.05, 0) is 74.4 Å². The molecule has 42 heavy (non-hydrogen) atoms. The highest BCUT2D eigenvalue weighted by atomic mass is 16.5. The maximum Gasteiger partial charge on any atom is 0.254 e. The molecule has 0 spiro atoms. The Balaban J connectivity index is 1.42. The van der Waals surface area contributed by atoms with Gasteiger partial charge in [0.1, 0.15) is 5.75 Å². The number of nitrogens with one attached hydrogen (secondary N) is 1. The molecule has 1 N–H and O–H groups in total. The van der Waals surface area contributed by atoms with E-state index in [4.69, 9.17) is 18.9 Å². The van der Waals surface area contributed by atoms with Crippen LogP contribution in [-0.4, -0.2) is 94.4 Å². The van der Waals surface area contributed by atoms with Crippen molar-refractivity contribution < 1.29 is 28.5 Å². The minimum atomic E-state index is -0.0327. The fourth-order valence-electron chi connectivity index (χ4n) is 5.58. The first-order valence-electron chi connectivity index (χ1n) is 15.1. The Labute approximate surface area is 250 Å². The average molecular weight is 582 g/mol.